The van der Waals surface area contributed by atoms with Gasteiger partial charge in [0.25, 0.3) is 0 Å². The number of rotatable bonds is 7. The van der Waals surface area contributed by atoms with E-state index in [0.717, 1.165) is 11.8 Å². The van der Waals surface area contributed by atoms with Crippen LogP contribution in [-0.4, -0.2) is 97.0 Å². The Morgan fingerprint density at radius 2 is 1.68 bits per heavy atom. The standard InChI is InChI=1S/C23H34O10S/c1-10-11(2)18(33-23-17(26)20(29-5)16(25)12(3)32-23)21(30-6)19(28-4)15(10)22(27)34-14-9-31-8-7-13(14)24/h12-14,16-17,20,23-26H,7-9H2,1-6H3/t12?,13?,14?,16-,17?,20?,23-/m0/s1. The highest BCUT2D eigenvalue weighted by Crippen LogP contribution is 2.47. The van der Waals surface area contributed by atoms with Crippen LogP contribution in [0.3, 0.4) is 0 Å². The maximum absolute atomic E-state index is 13.3. The molecule has 2 aliphatic heterocycles. The predicted molar refractivity (Wildman–Crippen MR) is 124 cm³/mol. The summed E-state index contributed by atoms with van der Waals surface area (Å²) in [5, 5.41) is 30.5. The molecule has 34 heavy (non-hydrogen) atoms. The molecule has 1 aromatic rings. The minimum Gasteiger partial charge on any atom is -0.492 e. The SMILES string of the molecule is COc1c(O[C@@H]2OC(C)[C@H](O)C(OC)C2O)c(C)c(C)c(C(=O)SC2COCCC2O)c1OC. The second kappa shape index (κ2) is 11.4. The van der Waals surface area contributed by atoms with Gasteiger partial charge in [-0.05, 0) is 38.3 Å². The predicted octanol–water partition coefficient (Wildman–Crippen LogP) is 1.20. The van der Waals surface area contributed by atoms with Gasteiger partial charge in [-0.2, -0.15) is 0 Å². The van der Waals surface area contributed by atoms with Crippen molar-refractivity contribution in [3.05, 3.63) is 16.7 Å². The van der Waals surface area contributed by atoms with Gasteiger partial charge in [-0.1, -0.05) is 11.8 Å². The summed E-state index contributed by atoms with van der Waals surface area (Å²) in [6.07, 6.45) is -5.22. The van der Waals surface area contributed by atoms with Gasteiger partial charge < -0.3 is 43.7 Å². The monoisotopic (exact) mass is 502 g/mol. The highest BCUT2D eigenvalue weighted by Gasteiger charge is 2.45. The molecule has 5 unspecified atom stereocenters. The number of benzene rings is 1. The Labute approximate surface area is 203 Å². The molecule has 0 aromatic heterocycles. The van der Waals surface area contributed by atoms with Crippen LogP contribution in [0.4, 0.5) is 0 Å². The largest absolute Gasteiger partial charge is 0.492 e. The first-order valence-electron chi connectivity index (χ1n) is 11.1. The van der Waals surface area contributed by atoms with Crippen LogP contribution in [0.1, 0.15) is 34.8 Å². The highest BCUT2D eigenvalue weighted by molar-refractivity contribution is 8.14. The van der Waals surface area contributed by atoms with Crippen molar-refractivity contribution in [3.8, 4) is 17.2 Å². The lowest BCUT2D eigenvalue weighted by Crippen LogP contribution is -2.59. The Morgan fingerprint density at radius 1 is 1.00 bits per heavy atom. The molecule has 2 fully saturated rings. The van der Waals surface area contributed by atoms with Crippen LogP contribution in [0.25, 0.3) is 0 Å². The minimum atomic E-state index is -1.28. The number of carbonyl (C=O) groups is 1. The van der Waals surface area contributed by atoms with Gasteiger partial charge in [-0.3, -0.25) is 4.79 Å². The molecule has 11 heteroatoms. The molecule has 2 aliphatic rings. The van der Waals surface area contributed by atoms with E-state index >= 15 is 0 Å². The number of hydrogen-bond donors (Lipinski definition) is 3. The molecule has 0 aliphatic carbocycles. The third-order valence-corrected chi connectivity index (χ3v) is 7.52. The normalized spacial score (nSPS) is 31.7. The van der Waals surface area contributed by atoms with E-state index in [2.05, 4.69) is 0 Å². The van der Waals surface area contributed by atoms with Gasteiger partial charge in [0.1, 0.15) is 18.3 Å². The van der Waals surface area contributed by atoms with Gasteiger partial charge in [0.2, 0.25) is 17.2 Å². The summed E-state index contributed by atoms with van der Waals surface area (Å²) in [4.78, 5) is 13.3. The molecule has 2 heterocycles. The Morgan fingerprint density at radius 3 is 2.26 bits per heavy atom. The number of carbonyl (C=O) groups excluding carboxylic acids is 1. The topological polar surface area (TPSA) is 133 Å². The minimum absolute atomic E-state index is 0.165. The molecule has 192 valence electrons. The zero-order chi connectivity index (χ0) is 25.2. The zero-order valence-corrected chi connectivity index (χ0v) is 21.1. The molecule has 1 aromatic carbocycles. The number of ether oxygens (including phenoxy) is 6. The summed E-state index contributed by atoms with van der Waals surface area (Å²) in [5.41, 5.74) is 1.49. The van der Waals surface area contributed by atoms with Crippen molar-refractivity contribution in [2.45, 2.75) is 69.3 Å². The van der Waals surface area contributed by atoms with Gasteiger partial charge >= 0.3 is 0 Å². The lowest BCUT2D eigenvalue weighted by molar-refractivity contribution is -0.273. The van der Waals surface area contributed by atoms with Crippen molar-refractivity contribution < 1.29 is 48.5 Å². The van der Waals surface area contributed by atoms with Crippen molar-refractivity contribution >= 4 is 16.9 Å². The molecule has 10 nitrogen and oxygen atoms in total. The molecular weight excluding hydrogens is 468 g/mol. The van der Waals surface area contributed by atoms with Crippen molar-refractivity contribution in [1.29, 1.82) is 0 Å². The molecule has 0 bridgehead atoms. The van der Waals surface area contributed by atoms with Crippen LogP contribution < -0.4 is 14.2 Å². The quantitative estimate of drug-likeness (QED) is 0.497. The third-order valence-electron chi connectivity index (χ3n) is 6.35. The van der Waals surface area contributed by atoms with E-state index in [1.165, 1.54) is 21.3 Å². The maximum Gasteiger partial charge on any atom is 0.229 e. The molecule has 2 saturated heterocycles. The number of hydrogen-bond acceptors (Lipinski definition) is 11. The number of thioether (sulfide) groups is 1. The lowest BCUT2D eigenvalue weighted by atomic mass is 9.99. The highest BCUT2D eigenvalue weighted by atomic mass is 32.2. The fourth-order valence-corrected chi connectivity index (χ4v) is 5.28. The fraction of sp³-hybridized carbons (Fsp3) is 0.696. The molecule has 7 atom stereocenters. The van der Waals surface area contributed by atoms with Gasteiger partial charge in [-0.15, -0.1) is 0 Å². The summed E-state index contributed by atoms with van der Waals surface area (Å²) >= 11 is 1.000. The molecule has 0 amide bonds. The van der Waals surface area contributed by atoms with E-state index in [0.29, 0.717) is 29.7 Å². The Balaban J connectivity index is 1.97. The average molecular weight is 503 g/mol. The Kier molecular flexibility index (Phi) is 9.07. The van der Waals surface area contributed by atoms with Crippen molar-refractivity contribution in [2.24, 2.45) is 0 Å². The first-order chi connectivity index (χ1) is 16.2. The lowest BCUT2D eigenvalue weighted by Gasteiger charge is -2.40. The first kappa shape index (κ1) is 27.0. The summed E-state index contributed by atoms with van der Waals surface area (Å²) in [6.45, 7) is 5.90. The van der Waals surface area contributed by atoms with Gasteiger partial charge in [0, 0.05) is 13.7 Å². The van der Waals surface area contributed by atoms with Gasteiger partial charge in [0.15, 0.2) is 11.5 Å². The van der Waals surface area contributed by atoms with E-state index in [1.807, 2.05) is 0 Å². The van der Waals surface area contributed by atoms with E-state index < -0.39 is 42.1 Å². The van der Waals surface area contributed by atoms with Gasteiger partial charge in [0.05, 0.1) is 43.8 Å². The smallest absolute Gasteiger partial charge is 0.229 e. The second-order valence-corrected chi connectivity index (χ2v) is 9.62. The van der Waals surface area contributed by atoms with Crippen LogP contribution in [-0.2, 0) is 14.2 Å². The van der Waals surface area contributed by atoms with E-state index in [-0.39, 0.29) is 29.0 Å². The first-order valence-corrected chi connectivity index (χ1v) is 12.0. The van der Waals surface area contributed by atoms with Crippen LogP contribution in [0.2, 0.25) is 0 Å². The third kappa shape index (κ3) is 5.15. The molecule has 0 saturated carbocycles. The van der Waals surface area contributed by atoms with E-state index in [4.69, 9.17) is 28.4 Å². The summed E-state index contributed by atoms with van der Waals surface area (Å²) in [5.74, 6) is 0.575. The number of aliphatic hydroxyl groups is 3. The maximum atomic E-state index is 13.3. The molecular formula is C23H34O10S. The Bertz CT molecular complexity index is 878. The van der Waals surface area contributed by atoms with Crippen molar-refractivity contribution in [2.75, 3.05) is 34.5 Å². The fourth-order valence-electron chi connectivity index (χ4n) is 4.18. The zero-order valence-electron chi connectivity index (χ0n) is 20.3. The molecule has 3 N–H and O–H groups in total. The van der Waals surface area contributed by atoms with Crippen molar-refractivity contribution in [3.63, 3.8) is 0 Å². The van der Waals surface area contributed by atoms with Crippen molar-refractivity contribution in [1.82, 2.24) is 0 Å². The van der Waals surface area contributed by atoms with E-state index in [1.54, 1.807) is 20.8 Å². The average Bonchev–Trinajstić information content (AvgIpc) is 2.81. The molecule has 0 radical (unpaired) electrons. The summed E-state index contributed by atoms with van der Waals surface area (Å²) < 4.78 is 33.6. The number of methoxy groups -OCH3 is 3. The van der Waals surface area contributed by atoms with Crippen LogP contribution in [0.5, 0.6) is 17.2 Å². The molecule has 3 rings (SSSR count). The van der Waals surface area contributed by atoms with Gasteiger partial charge in [-0.25, -0.2) is 0 Å². The summed E-state index contributed by atoms with van der Waals surface area (Å²) in [7, 11) is 4.22. The molecule has 0 spiro atoms. The van der Waals surface area contributed by atoms with Crippen LogP contribution in [0.15, 0.2) is 0 Å². The number of aliphatic hydroxyl groups excluding tert-OH is 3. The van der Waals surface area contributed by atoms with E-state index in [9.17, 15) is 20.1 Å². The summed E-state index contributed by atoms with van der Waals surface area (Å²) in [6, 6.07) is 0. The van der Waals surface area contributed by atoms with Crippen LogP contribution in [0, 0.1) is 13.8 Å². The Hall–Kier alpha value is -1.60. The van der Waals surface area contributed by atoms with Crippen LogP contribution >= 0.6 is 11.8 Å². The second-order valence-electron chi connectivity index (χ2n) is 8.40.